The Morgan fingerprint density at radius 3 is 2.56 bits per heavy atom. The maximum absolute atomic E-state index is 13.3. The van der Waals surface area contributed by atoms with Crippen LogP contribution in [0.15, 0.2) is 30.3 Å². The van der Waals surface area contributed by atoms with Crippen LogP contribution in [0.2, 0.25) is 0 Å². The topological polar surface area (TPSA) is 48.1 Å². The van der Waals surface area contributed by atoms with Crippen molar-refractivity contribution in [3.05, 3.63) is 53.5 Å². The van der Waals surface area contributed by atoms with Crippen molar-refractivity contribution in [2.75, 3.05) is 0 Å². The second-order valence-electron chi connectivity index (χ2n) is 3.45. The second-order valence-corrected chi connectivity index (χ2v) is 3.45. The summed E-state index contributed by atoms with van der Waals surface area (Å²) in [5.74, 6) is -4.63. The summed E-state index contributed by atoms with van der Waals surface area (Å²) in [6.45, 7) is 0.192. The molecule has 2 rings (SSSR count). The molecule has 6 heteroatoms. The Morgan fingerprint density at radius 1 is 1.06 bits per heavy atom. The van der Waals surface area contributed by atoms with Crippen LogP contribution in [0.4, 0.5) is 13.2 Å². The highest BCUT2D eigenvalue weighted by atomic mass is 19.2. The minimum atomic E-state index is -1.58. The molecule has 0 saturated carbocycles. The number of aromatic nitrogens is 1. The molecule has 1 aromatic heterocycles. The first-order valence-corrected chi connectivity index (χ1v) is 5.09. The Bertz CT molecular complexity index is 575. The summed E-state index contributed by atoms with van der Waals surface area (Å²) in [5, 5.41) is 0. The van der Waals surface area contributed by atoms with Gasteiger partial charge in [-0.15, -0.1) is 0 Å². The molecular weight excluding hydrogens is 245 g/mol. The molecule has 1 heterocycles. The third kappa shape index (κ3) is 2.43. The Hall–Kier alpha value is -2.08. The lowest BCUT2D eigenvalue weighted by Crippen LogP contribution is -2.01. The number of halogens is 3. The summed E-state index contributed by atoms with van der Waals surface area (Å²) in [6, 6.07) is 6.50. The van der Waals surface area contributed by atoms with Gasteiger partial charge in [-0.2, -0.15) is 4.39 Å². The van der Waals surface area contributed by atoms with Crippen molar-refractivity contribution in [3.8, 4) is 11.6 Å². The Balaban J connectivity index is 2.31. The van der Waals surface area contributed by atoms with Crippen LogP contribution in [-0.2, 0) is 6.54 Å². The third-order valence-electron chi connectivity index (χ3n) is 2.20. The summed E-state index contributed by atoms with van der Waals surface area (Å²) in [4.78, 5) is 3.95. The van der Waals surface area contributed by atoms with E-state index in [1.54, 1.807) is 12.1 Å². The van der Waals surface area contributed by atoms with E-state index in [4.69, 9.17) is 10.5 Å². The Morgan fingerprint density at radius 2 is 1.83 bits per heavy atom. The highest BCUT2D eigenvalue weighted by Gasteiger charge is 2.15. The quantitative estimate of drug-likeness (QED) is 0.857. The summed E-state index contributed by atoms with van der Waals surface area (Å²) in [5.41, 5.74) is 5.92. The largest absolute Gasteiger partial charge is 0.436 e. The van der Waals surface area contributed by atoms with Gasteiger partial charge in [0.05, 0.1) is 5.69 Å². The van der Waals surface area contributed by atoms with Gasteiger partial charge in [0.15, 0.2) is 17.4 Å². The first-order valence-electron chi connectivity index (χ1n) is 5.09. The molecule has 3 nitrogen and oxygen atoms in total. The van der Waals surface area contributed by atoms with E-state index in [9.17, 15) is 13.2 Å². The fraction of sp³-hybridized carbons (Fsp3) is 0.0833. The minimum absolute atomic E-state index is 0.0582. The molecule has 1 aromatic carbocycles. The zero-order valence-corrected chi connectivity index (χ0v) is 9.16. The molecule has 0 radical (unpaired) electrons. The van der Waals surface area contributed by atoms with Crippen LogP contribution in [0.5, 0.6) is 11.6 Å². The van der Waals surface area contributed by atoms with Crippen LogP contribution in [0, 0.1) is 17.5 Å². The van der Waals surface area contributed by atoms with Crippen molar-refractivity contribution in [2.24, 2.45) is 5.73 Å². The zero-order valence-electron chi connectivity index (χ0n) is 9.16. The summed E-state index contributed by atoms with van der Waals surface area (Å²) in [6.07, 6.45) is 0. The molecule has 94 valence electrons. The van der Waals surface area contributed by atoms with Gasteiger partial charge in [-0.25, -0.2) is 13.8 Å². The van der Waals surface area contributed by atoms with E-state index in [2.05, 4.69) is 4.98 Å². The van der Waals surface area contributed by atoms with Crippen molar-refractivity contribution in [1.29, 1.82) is 0 Å². The number of ether oxygens (including phenoxy) is 1. The maximum atomic E-state index is 13.3. The SMILES string of the molecule is NCc1cccc(Oc2ccc(F)c(F)c2F)n1. The molecule has 0 fully saturated rings. The average Bonchev–Trinajstić information content (AvgIpc) is 2.40. The van der Waals surface area contributed by atoms with Gasteiger partial charge < -0.3 is 10.5 Å². The fourth-order valence-corrected chi connectivity index (χ4v) is 1.33. The number of rotatable bonds is 3. The molecule has 0 aliphatic carbocycles. The average molecular weight is 254 g/mol. The number of hydrogen-bond acceptors (Lipinski definition) is 3. The molecular formula is C12H9F3N2O. The first-order chi connectivity index (χ1) is 8.61. The highest BCUT2D eigenvalue weighted by molar-refractivity contribution is 5.30. The molecule has 0 spiro atoms. The van der Waals surface area contributed by atoms with Gasteiger partial charge >= 0.3 is 0 Å². The monoisotopic (exact) mass is 254 g/mol. The van der Waals surface area contributed by atoms with E-state index in [1.807, 2.05) is 0 Å². The number of benzene rings is 1. The molecule has 0 saturated heterocycles. The van der Waals surface area contributed by atoms with Gasteiger partial charge in [-0.1, -0.05) is 6.07 Å². The summed E-state index contributed by atoms with van der Waals surface area (Å²) >= 11 is 0. The highest BCUT2D eigenvalue weighted by Crippen LogP contribution is 2.26. The van der Waals surface area contributed by atoms with E-state index in [-0.39, 0.29) is 12.4 Å². The van der Waals surface area contributed by atoms with E-state index in [1.165, 1.54) is 6.07 Å². The van der Waals surface area contributed by atoms with Crippen molar-refractivity contribution in [2.45, 2.75) is 6.54 Å². The van der Waals surface area contributed by atoms with Gasteiger partial charge in [-0.05, 0) is 18.2 Å². The van der Waals surface area contributed by atoms with Gasteiger partial charge in [0.1, 0.15) is 0 Å². The molecule has 0 atom stereocenters. The molecule has 0 bridgehead atoms. The maximum Gasteiger partial charge on any atom is 0.219 e. The standard InChI is InChI=1S/C12H9F3N2O/c13-8-4-5-9(12(15)11(8)14)18-10-3-1-2-7(6-16)17-10/h1-5H,6,16H2. The molecule has 18 heavy (non-hydrogen) atoms. The smallest absolute Gasteiger partial charge is 0.219 e. The van der Waals surface area contributed by atoms with Crippen LogP contribution in [-0.4, -0.2) is 4.98 Å². The fourth-order valence-electron chi connectivity index (χ4n) is 1.33. The van der Waals surface area contributed by atoms with Gasteiger partial charge in [0.2, 0.25) is 11.7 Å². The second kappa shape index (κ2) is 5.05. The van der Waals surface area contributed by atoms with E-state index in [0.29, 0.717) is 5.69 Å². The molecule has 0 aliphatic rings. The number of nitrogens with two attached hydrogens (primary N) is 1. The lowest BCUT2D eigenvalue weighted by Gasteiger charge is -2.07. The van der Waals surface area contributed by atoms with Crippen LogP contribution in [0.25, 0.3) is 0 Å². The first kappa shape index (κ1) is 12.4. The van der Waals surface area contributed by atoms with Crippen molar-refractivity contribution in [1.82, 2.24) is 4.98 Å². The number of pyridine rings is 1. The van der Waals surface area contributed by atoms with Crippen molar-refractivity contribution < 1.29 is 17.9 Å². The minimum Gasteiger partial charge on any atom is -0.436 e. The summed E-state index contributed by atoms with van der Waals surface area (Å²) in [7, 11) is 0. The van der Waals surface area contributed by atoms with Gasteiger partial charge in [-0.3, -0.25) is 0 Å². The number of nitrogens with zero attached hydrogens (tertiary/aromatic N) is 1. The van der Waals surface area contributed by atoms with Crippen molar-refractivity contribution in [3.63, 3.8) is 0 Å². The molecule has 2 aromatic rings. The third-order valence-corrected chi connectivity index (χ3v) is 2.20. The predicted octanol–water partition coefficient (Wildman–Crippen LogP) is 2.75. The number of hydrogen-bond donors (Lipinski definition) is 1. The lowest BCUT2D eigenvalue weighted by molar-refractivity contribution is 0.386. The molecule has 0 aliphatic heterocycles. The van der Waals surface area contributed by atoms with Crippen molar-refractivity contribution >= 4 is 0 Å². The van der Waals surface area contributed by atoms with Crippen LogP contribution < -0.4 is 10.5 Å². The predicted molar refractivity (Wildman–Crippen MR) is 58.5 cm³/mol. The van der Waals surface area contributed by atoms with Crippen LogP contribution >= 0.6 is 0 Å². The van der Waals surface area contributed by atoms with Crippen LogP contribution in [0.3, 0.4) is 0 Å². The van der Waals surface area contributed by atoms with Crippen LogP contribution in [0.1, 0.15) is 5.69 Å². The van der Waals surface area contributed by atoms with Gasteiger partial charge in [0, 0.05) is 12.6 Å². The normalized spacial score (nSPS) is 10.4. The summed E-state index contributed by atoms with van der Waals surface area (Å²) < 4.78 is 44.1. The Kier molecular flexibility index (Phi) is 3.47. The molecule has 2 N–H and O–H groups in total. The van der Waals surface area contributed by atoms with E-state index >= 15 is 0 Å². The zero-order chi connectivity index (χ0) is 13.1. The van der Waals surface area contributed by atoms with Gasteiger partial charge in [0.25, 0.3) is 0 Å². The van der Waals surface area contributed by atoms with E-state index in [0.717, 1.165) is 12.1 Å². The Labute approximate surface area is 101 Å². The lowest BCUT2D eigenvalue weighted by atomic mass is 10.3. The van der Waals surface area contributed by atoms with E-state index < -0.39 is 23.2 Å². The molecule has 0 amide bonds. The molecule has 0 unspecified atom stereocenters.